The molecule has 0 unspecified atom stereocenters. The van der Waals surface area contributed by atoms with Crippen LogP contribution in [-0.4, -0.2) is 17.1 Å². The van der Waals surface area contributed by atoms with Crippen molar-refractivity contribution in [3.8, 4) is 0 Å². The maximum atomic E-state index is 5.91. The maximum Gasteiger partial charge on any atom is 0.156 e. The fraction of sp³-hybridized carbons (Fsp3) is 0.636. The van der Waals surface area contributed by atoms with Gasteiger partial charge in [0.1, 0.15) is 12.4 Å². The second kappa shape index (κ2) is 5.27. The van der Waals surface area contributed by atoms with E-state index in [9.17, 15) is 0 Å². The normalized spacial score (nSPS) is 16.9. The molecule has 16 heavy (non-hydrogen) atoms. The van der Waals surface area contributed by atoms with Gasteiger partial charge in [-0.3, -0.25) is 0 Å². The quantitative estimate of drug-likeness (QED) is 0.864. The van der Waals surface area contributed by atoms with E-state index >= 15 is 0 Å². The van der Waals surface area contributed by atoms with E-state index in [-0.39, 0.29) is 0 Å². The van der Waals surface area contributed by atoms with Gasteiger partial charge in [0.05, 0.1) is 9.26 Å². The molecule has 0 bridgehead atoms. The number of hydrogen-bond acceptors (Lipinski definition) is 4. The van der Waals surface area contributed by atoms with Gasteiger partial charge in [-0.25, -0.2) is 9.97 Å². The monoisotopic (exact) mass is 333 g/mol. The Balaban J connectivity index is 2.33. The lowest BCUT2D eigenvalue weighted by atomic mass is 10.0. The molecule has 4 nitrogen and oxygen atoms in total. The van der Waals surface area contributed by atoms with Gasteiger partial charge in [-0.05, 0) is 35.4 Å². The standard InChI is InChI=1S/C11H16IN3O/c1-16-6-8-14-10(7-4-2-3-5-7)9(12)11(13)15-8/h7H,2-6H2,1H3,(H2,13,14,15). The Morgan fingerprint density at radius 2 is 2.06 bits per heavy atom. The average molecular weight is 333 g/mol. The van der Waals surface area contributed by atoms with Gasteiger partial charge in [0.25, 0.3) is 0 Å². The van der Waals surface area contributed by atoms with Crippen molar-refractivity contribution in [2.45, 2.75) is 38.2 Å². The fourth-order valence-corrected chi connectivity index (χ4v) is 2.88. The van der Waals surface area contributed by atoms with Crippen LogP contribution in [0.2, 0.25) is 0 Å². The summed E-state index contributed by atoms with van der Waals surface area (Å²) in [4.78, 5) is 8.81. The smallest absolute Gasteiger partial charge is 0.156 e. The van der Waals surface area contributed by atoms with Crippen LogP contribution in [0.15, 0.2) is 0 Å². The van der Waals surface area contributed by atoms with Gasteiger partial charge in [-0.15, -0.1) is 0 Å². The summed E-state index contributed by atoms with van der Waals surface area (Å²) in [5.74, 6) is 1.85. The highest BCUT2D eigenvalue weighted by atomic mass is 127. The lowest BCUT2D eigenvalue weighted by Crippen LogP contribution is -2.10. The van der Waals surface area contributed by atoms with Crippen molar-refractivity contribution in [2.24, 2.45) is 0 Å². The zero-order chi connectivity index (χ0) is 11.5. The Labute approximate surface area is 109 Å². The molecule has 1 heterocycles. The maximum absolute atomic E-state index is 5.91. The minimum Gasteiger partial charge on any atom is -0.383 e. The summed E-state index contributed by atoms with van der Waals surface area (Å²) in [5.41, 5.74) is 7.03. The van der Waals surface area contributed by atoms with Gasteiger partial charge in [-0.2, -0.15) is 0 Å². The molecule has 2 N–H and O–H groups in total. The van der Waals surface area contributed by atoms with Crippen LogP contribution in [0, 0.1) is 3.57 Å². The number of anilines is 1. The van der Waals surface area contributed by atoms with Crippen molar-refractivity contribution in [1.82, 2.24) is 9.97 Å². The highest BCUT2D eigenvalue weighted by Crippen LogP contribution is 2.36. The molecule has 0 radical (unpaired) electrons. The van der Waals surface area contributed by atoms with E-state index < -0.39 is 0 Å². The SMILES string of the molecule is COCc1nc(N)c(I)c(C2CCCC2)n1. The Hall–Kier alpha value is -0.430. The topological polar surface area (TPSA) is 61.0 Å². The molecule has 1 aromatic rings. The molecule has 0 saturated heterocycles. The number of hydrogen-bond donors (Lipinski definition) is 1. The molecule has 1 aliphatic carbocycles. The predicted molar refractivity (Wildman–Crippen MR) is 71.1 cm³/mol. The molecular formula is C11H16IN3O. The highest BCUT2D eigenvalue weighted by Gasteiger charge is 2.23. The van der Waals surface area contributed by atoms with Crippen LogP contribution in [0.3, 0.4) is 0 Å². The Bertz CT molecular complexity index is 378. The Kier molecular flexibility index (Phi) is 3.96. The Morgan fingerprint density at radius 3 is 2.69 bits per heavy atom. The molecule has 0 atom stereocenters. The first-order valence-corrected chi connectivity index (χ1v) is 6.61. The molecular weight excluding hydrogens is 317 g/mol. The van der Waals surface area contributed by atoms with E-state index in [4.69, 9.17) is 10.5 Å². The lowest BCUT2D eigenvalue weighted by molar-refractivity contribution is 0.177. The lowest BCUT2D eigenvalue weighted by Gasteiger charge is -2.13. The largest absolute Gasteiger partial charge is 0.383 e. The molecule has 0 aromatic carbocycles. The second-order valence-electron chi connectivity index (χ2n) is 4.14. The number of nitrogen functional groups attached to an aromatic ring is 1. The van der Waals surface area contributed by atoms with Gasteiger partial charge in [0, 0.05) is 13.0 Å². The molecule has 1 aromatic heterocycles. The van der Waals surface area contributed by atoms with Gasteiger partial charge in [0.15, 0.2) is 5.82 Å². The molecule has 1 fully saturated rings. The third kappa shape index (κ3) is 2.45. The first-order valence-electron chi connectivity index (χ1n) is 5.53. The van der Waals surface area contributed by atoms with Crippen molar-refractivity contribution in [3.63, 3.8) is 0 Å². The number of rotatable bonds is 3. The van der Waals surface area contributed by atoms with Crippen LogP contribution in [0.5, 0.6) is 0 Å². The van der Waals surface area contributed by atoms with E-state index in [1.807, 2.05) is 0 Å². The summed E-state index contributed by atoms with van der Waals surface area (Å²) in [5, 5.41) is 0. The van der Waals surface area contributed by atoms with Crippen LogP contribution in [0.25, 0.3) is 0 Å². The van der Waals surface area contributed by atoms with Crippen LogP contribution < -0.4 is 5.73 Å². The summed E-state index contributed by atoms with van der Waals surface area (Å²) in [7, 11) is 1.65. The number of ether oxygens (including phenoxy) is 1. The molecule has 0 spiro atoms. The second-order valence-corrected chi connectivity index (χ2v) is 5.22. The van der Waals surface area contributed by atoms with Crippen molar-refractivity contribution in [3.05, 3.63) is 15.1 Å². The molecule has 0 aliphatic heterocycles. The van der Waals surface area contributed by atoms with Crippen LogP contribution in [0.1, 0.15) is 43.1 Å². The minimum absolute atomic E-state index is 0.431. The van der Waals surface area contributed by atoms with E-state index in [0.717, 1.165) is 9.26 Å². The van der Waals surface area contributed by atoms with Gasteiger partial charge in [-0.1, -0.05) is 12.8 Å². The first kappa shape index (κ1) is 12.0. The number of halogens is 1. The molecule has 2 rings (SSSR count). The number of nitrogens with zero attached hydrogens (tertiary/aromatic N) is 2. The van der Waals surface area contributed by atoms with Gasteiger partial charge in [0.2, 0.25) is 0 Å². The average Bonchev–Trinajstić information content (AvgIpc) is 2.76. The predicted octanol–water partition coefficient (Wildman–Crippen LogP) is 2.47. The summed E-state index contributed by atoms with van der Waals surface area (Å²) in [6, 6.07) is 0. The van der Waals surface area contributed by atoms with Crippen molar-refractivity contribution >= 4 is 28.4 Å². The van der Waals surface area contributed by atoms with E-state index in [1.165, 1.54) is 25.7 Å². The summed E-state index contributed by atoms with van der Waals surface area (Å²) in [6.07, 6.45) is 5.03. The number of methoxy groups -OCH3 is 1. The van der Waals surface area contributed by atoms with Crippen molar-refractivity contribution in [2.75, 3.05) is 12.8 Å². The first-order chi connectivity index (χ1) is 7.72. The zero-order valence-electron chi connectivity index (χ0n) is 9.37. The van der Waals surface area contributed by atoms with E-state index in [0.29, 0.717) is 24.2 Å². The summed E-state index contributed by atoms with van der Waals surface area (Å²) in [6.45, 7) is 0.431. The third-order valence-electron chi connectivity index (χ3n) is 2.96. The van der Waals surface area contributed by atoms with Crippen LogP contribution in [0.4, 0.5) is 5.82 Å². The zero-order valence-corrected chi connectivity index (χ0v) is 11.5. The molecule has 88 valence electrons. The van der Waals surface area contributed by atoms with Crippen LogP contribution in [-0.2, 0) is 11.3 Å². The fourth-order valence-electron chi connectivity index (χ4n) is 2.20. The highest BCUT2D eigenvalue weighted by molar-refractivity contribution is 14.1. The van der Waals surface area contributed by atoms with Crippen LogP contribution >= 0.6 is 22.6 Å². The Morgan fingerprint density at radius 1 is 1.38 bits per heavy atom. The summed E-state index contributed by atoms with van der Waals surface area (Å²) >= 11 is 2.25. The van der Waals surface area contributed by atoms with E-state index in [2.05, 4.69) is 32.6 Å². The molecule has 5 heteroatoms. The summed E-state index contributed by atoms with van der Waals surface area (Å²) < 4.78 is 6.08. The van der Waals surface area contributed by atoms with Gasteiger partial charge < -0.3 is 10.5 Å². The molecule has 1 aliphatic rings. The minimum atomic E-state index is 0.431. The number of nitrogens with two attached hydrogens (primary N) is 1. The molecule has 1 saturated carbocycles. The van der Waals surface area contributed by atoms with Crippen molar-refractivity contribution in [1.29, 1.82) is 0 Å². The molecule has 0 amide bonds. The van der Waals surface area contributed by atoms with Crippen molar-refractivity contribution < 1.29 is 4.74 Å². The van der Waals surface area contributed by atoms with Gasteiger partial charge >= 0.3 is 0 Å². The third-order valence-corrected chi connectivity index (χ3v) is 4.07. The van der Waals surface area contributed by atoms with E-state index in [1.54, 1.807) is 7.11 Å². The number of aromatic nitrogens is 2.